The molecule has 4 heterocycles. The summed E-state index contributed by atoms with van der Waals surface area (Å²) in [5.74, 6) is 0.659. The molecule has 4 aromatic heterocycles. The van der Waals surface area contributed by atoms with E-state index < -0.39 is 0 Å². The molecule has 0 unspecified atom stereocenters. The number of hydrogen-bond acceptors (Lipinski definition) is 3. The standard InChI is InChI=1S/C46H28N4S/c1-4-14-29(15-5-1)38-28-39(30-16-6-2-7-17-30)48-46(47-38)50-41-23-13-11-21-33(41)35-27-45-37(25-43(35)50)36-24-42-34(26-44(36)51-45)32-20-10-12-22-40(32)49(42)31-18-8-3-9-19-31/h1-28H. The zero-order valence-electron chi connectivity index (χ0n) is 27.4. The van der Waals surface area contributed by atoms with Gasteiger partial charge in [-0.1, -0.05) is 115 Å². The number of fused-ring (bicyclic) bond motifs is 9. The van der Waals surface area contributed by atoms with E-state index in [1.54, 1.807) is 0 Å². The Hall–Kier alpha value is -6.56. The summed E-state index contributed by atoms with van der Waals surface area (Å²) in [6, 6.07) is 60.5. The van der Waals surface area contributed by atoms with Crippen molar-refractivity contribution in [1.29, 1.82) is 0 Å². The second kappa shape index (κ2) is 11.0. The van der Waals surface area contributed by atoms with Crippen molar-refractivity contribution in [3.05, 3.63) is 170 Å². The molecule has 0 radical (unpaired) electrons. The average Bonchev–Trinajstić information content (AvgIpc) is 3.83. The molecule has 0 fully saturated rings. The molecule has 238 valence electrons. The van der Waals surface area contributed by atoms with E-state index in [1.165, 1.54) is 52.8 Å². The fourth-order valence-electron chi connectivity index (χ4n) is 7.82. The zero-order valence-corrected chi connectivity index (χ0v) is 28.2. The fourth-order valence-corrected chi connectivity index (χ4v) is 8.97. The van der Waals surface area contributed by atoms with Crippen molar-refractivity contribution in [2.24, 2.45) is 0 Å². The van der Waals surface area contributed by atoms with Crippen molar-refractivity contribution in [2.75, 3.05) is 0 Å². The number of nitrogens with zero attached hydrogens (tertiary/aromatic N) is 4. The van der Waals surface area contributed by atoms with Gasteiger partial charge in [-0.25, -0.2) is 9.97 Å². The fraction of sp³-hybridized carbons (Fsp3) is 0. The van der Waals surface area contributed by atoms with Gasteiger partial charge in [-0.3, -0.25) is 4.57 Å². The molecule has 0 spiro atoms. The summed E-state index contributed by atoms with van der Waals surface area (Å²) in [7, 11) is 0. The van der Waals surface area contributed by atoms with Crippen molar-refractivity contribution in [2.45, 2.75) is 0 Å². The highest BCUT2D eigenvalue weighted by atomic mass is 32.1. The third-order valence-corrected chi connectivity index (χ3v) is 11.2. The van der Waals surface area contributed by atoms with Gasteiger partial charge in [0.25, 0.3) is 0 Å². The molecule has 0 saturated carbocycles. The Bertz CT molecular complexity index is 3060. The summed E-state index contributed by atoms with van der Waals surface area (Å²) < 4.78 is 7.21. The summed E-state index contributed by atoms with van der Waals surface area (Å²) in [5.41, 5.74) is 9.67. The van der Waals surface area contributed by atoms with Crippen LogP contribution >= 0.6 is 11.3 Å². The molecule has 0 aliphatic carbocycles. The number of para-hydroxylation sites is 3. The lowest BCUT2D eigenvalue weighted by Gasteiger charge is -2.12. The van der Waals surface area contributed by atoms with Gasteiger partial charge in [0, 0.05) is 58.5 Å². The lowest BCUT2D eigenvalue weighted by atomic mass is 10.1. The van der Waals surface area contributed by atoms with Crippen LogP contribution < -0.4 is 0 Å². The molecule has 0 bridgehead atoms. The average molecular weight is 669 g/mol. The Kier molecular flexibility index (Phi) is 6.09. The van der Waals surface area contributed by atoms with E-state index in [9.17, 15) is 0 Å². The molecule has 0 saturated heterocycles. The summed E-state index contributed by atoms with van der Waals surface area (Å²) in [6.07, 6.45) is 0. The number of rotatable bonds is 4. The summed E-state index contributed by atoms with van der Waals surface area (Å²) in [5, 5.41) is 7.42. The minimum atomic E-state index is 0.659. The van der Waals surface area contributed by atoms with Crippen LogP contribution in [-0.2, 0) is 0 Å². The van der Waals surface area contributed by atoms with Gasteiger partial charge in [-0.05, 0) is 54.6 Å². The zero-order chi connectivity index (χ0) is 33.5. The molecule has 11 aromatic rings. The van der Waals surface area contributed by atoms with Crippen LogP contribution in [0.1, 0.15) is 0 Å². The minimum absolute atomic E-state index is 0.659. The van der Waals surface area contributed by atoms with Gasteiger partial charge < -0.3 is 4.57 Å². The van der Waals surface area contributed by atoms with Gasteiger partial charge in [-0.2, -0.15) is 0 Å². The molecule has 0 atom stereocenters. The van der Waals surface area contributed by atoms with E-state index in [-0.39, 0.29) is 0 Å². The Balaban J connectivity index is 1.22. The summed E-state index contributed by atoms with van der Waals surface area (Å²) in [4.78, 5) is 10.5. The Morgan fingerprint density at radius 1 is 0.353 bits per heavy atom. The highest BCUT2D eigenvalue weighted by Gasteiger charge is 2.20. The smallest absolute Gasteiger partial charge is 0.235 e. The van der Waals surface area contributed by atoms with Crippen molar-refractivity contribution in [1.82, 2.24) is 19.1 Å². The summed E-state index contributed by atoms with van der Waals surface area (Å²) >= 11 is 1.87. The largest absolute Gasteiger partial charge is 0.309 e. The van der Waals surface area contributed by atoms with Crippen LogP contribution in [0.25, 0.3) is 97.9 Å². The van der Waals surface area contributed by atoms with Gasteiger partial charge in [0.05, 0.1) is 33.5 Å². The van der Waals surface area contributed by atoms with Crippen LogP contribution in [-0.4, -0.2) is 19.1 Å². The van der Waals surface area contributed by atoms with E-state index in [1.807, 2.05) is 23.5 Å². The maximum Gasteiger partial charge on any atom is 0.235 e. The van der Waals surface area contributed by atoms with E-state index in [0.29, 0.717) is 5.95 Å². The molecule has 0 amide bonds. The molecule has 0 aliphatic heterocycles. The van der Waals surface area contributed by atoms with Crippen LogP contribution in [0.2, 0.25) is 0 Å². The topological polar surface area (TPSA) is 35.6 Å². The first-order valence-corrected chi connectivity index (χ1v) is 18.0. The van der Waals surface area contributed by atoms with Gasteiger partial charge >= 0.3 is 0 Å². The van der Waals surface area contributed by atoms with Crippen molar-refractivity contribution >= 4 is 75.1 Å². The van der Waals surface area contributed by atoms with E-state index in [0.717, 1.165) is 39.2 Å². The predicted octanol–water partition coefficient (Wildman–Crippen LogP) is 12.4. The first kappa shape index (κ1) is 28.3. The lowest BCUT2D eigenvalue weighted by molar-refractivity contribution is 0.996. The first-order valence-electron chi connectivity index (χ1n) is 17.2. The third-order valence-electron chi connectivity index (χ3n) is 10.1. The Morgan fingerprint density at radius 2 is 0.804 bits per heavy atom. The highest BCUT2D eigenvalue weighted by Crippen LogP contribution is 2.44. The molecule has 0 aliphatic rings. The minimum Gasteiger partial charge on any atom is -0.309 e. The van der Waals surface area contributed by atoms with E-state index >= 15 is 0 Å². The maximum absolute atomic E-state index is 5.26. The molecule has 5 heteroatoms. The molecule has 51 heavy (non-hydrogen) atoms. The Morgan fingerprint density at radius 3 is 1.35 bits per heavy atom. The van der Waals surface area contributed by atoms with Crippen LogP contribution in [0.3, 0.4) is 0 Å². The third kappa shape index (κ3) is 4.32. The quantitative estimate of drug-likeness (QED) is 0.187. The van der Waals surface area contributed by atoms with Crippen LogP contribution in [0.4, 0.5) is 0 Å². The number of hydrogen-bond donors (Lipinski definition) is 0. The van der Waals surface area contributed by atoms with Crippen LogP contribution in [0.5, 0.6) is 0 Å². The second-order valence-corrected chi connectivity index (χ2v) is 14.1. The molecule has 4 nitrogen and oxygen atoms in total. The van der Waals surface area contributed by atoms with E-state index in [4.69, 9.17) is 9.97 Å². The number of aromatic nitrogens is 4. The first-order chi connectivity index (χ1) is 25.3. The molecule has 7 aromatic carbocycles. The van der Waals surface area contributed by atoms with Crippen molar-refractivity contribution in [3.8, 4) is 34.2 Å². The van der Waals surface area contributed by atoms with Crippen molar-refractivity contribution in [3.63, 3.8) is 0 Å². The lowest BCUT2D eigenvalue weighted by Crippen LogP contribution is -2.03. The van der Waals surface area contributed by atoms with Gasteiger partial charge in [0.2, 0.25) is 5.95 Å². The summed E-state index contributed by atoms with van der Waals surface area (Å²) in [6.45, 7) is 0. The normalized spacial score (nSPS) is 11.9. The van der Waals surface area contributed by atoms with Gasteiger partial charge in [0.1, 0.15) is 0 Å². The van der Waals surface area contributed by atoms with Crippen LogP contribution in [0.15, 0.2) is 170 Å². The second-order valence-electron chi connectivity index (χ2n) is 13.0. The number of benzene rings is 7. The van der Waals surface area contributed by atoms with E-state index in [2.05, 4.69) is 167 Å². The van der Waals surface area contributed by atoms with Crippen molar-refractivity contribution < 1.29 is 0 Å². The number of thiophene rings is 1. The van der Waals surface area contributed by atoms with Gasteiger partial charge in [0.15, 0.2) is 0 Å². The molecule has 0 N–H and O–H groups in total. The Labute approximate surface area is 297 Å². The monoisotopic (exact) mass is 668 g/mol. The molecule has 11 rings (SSSR count). The predicted molar refractivity (Wildman–Crippen MR) is 214 cm³/mol. The SMILES string of the molecule is c1ccc(-c2cc(-c3ccccc3)nc(-n3c4ccccc4c4cc5sc6cc7c8ccccc8n(-c8ccccc8)c7cc6c5cc43)n2)cc1. The maximum atomic E-state index is 5.26. The highest BCUT2D eigenvalue weighted by molar-refractivity contribution is 7.26. The van der Waals surface area contributed by atoms with Crippen LogP contribution in [0, 0.1) is 0 Å². The molecular weight excluding hydrogens is 641 g/mol. The molecular formula is C46H28N4S. The van der Waals surface area contributed by atoms with Gasteiger partial charge in [-0.15, -0.1) is 11.3 Å².